The predicted octanol–water partition coefficient (Wildman–Crippen LogP) is 4.43. The Morgan fingerprint density at radius 2 is 2.07 bits per heavy atom. The molecule has 29 heavy (non-hydrogen) atoms. The van der Waals surface area contributed by atoms with Crippen molar-refractivity contribution in [2.24, 2.45) is 0 Å². The number of hydrogen-bond acceptors (Lipinski definition) is 3. The molecule has 1 aromatic carbocycles. The number of rotatable bonds is 10. The number of hydroxylamine groups is 1. The van der Waals surface area contributed by atoms with Crippen LogP contribution in [-0.2, 0) is 24.2 Å². The highest BCUT2D eigenvalue weighted by Crippen LogP contribution is 2.23. The third-order valence-corrected chi connectivity index (χ3v) is 5.77. The van der Waals surface area contributed by atoms with Crippen LogP contribution in [0.4, 0.5) is 0 Å². The minimum Gasteiger partial charge on any atom is -0.361 e. The van der Waals surface area contributed by atoms with Crippen LogP contribution in [0.25, 0.3) is 6.08 Å². The minimum atomic E-state index is -0.349. The number of carbonyl (C=O) groups excluding carboxylic acids is 1. The average molecular weight is 396 g/mol. The van der Waals surface area contributed by atoms with E-state index < -0.39 is 0 Å². The van der Waals surface area contributed by atoms with Gasteiger partial charge in [0, 0.05) is 31.4 Å². The van der Waals surface area contributed by atoms with Crippen LogP contribution in [0.1, 0.15) is 67.0 Å². The molecule has 1 amide bonds. The lowest BCUT2D eigenvalue weighted by molar-refractivity contribution is -0.129. The van der Waals surface area contributed by atoms with E-state index in [9.17, 15) is 4.79 Å². The van der Waals surface area contributed by atoms with E-state index in [0.717, 1.165) is 50.9 Å². The monoisotopic (exact) mass is 395 g/mol. The molecule has 3 N–H and O–H groups in total. The third-order valence-electron chi connectivity index (χ3n) is 5.77. The maximum absolute atomic E-state index is 11.4. The molecular weight excluding hydrogens is 362 g/mol. The van der Waals surface area contributed by atoms with E-state index in [4.69, 9.17) is 5.21 Å². The molecule has 0 saturated carbocycles. The molecule has 1 aliphatic carbocycles. The van der Waals surface area contributed by atoms with Crippen molar-refractivity contribution >= 4 is 12.0 Å². The first kappa shape index (κ1) is 21.3. The van der Waals surface area contributed by atoms with E-state index in [1.54, 1.807) is 5.48 Å². The zero-order chi connectivity index (χ0) is 20.6. The van der Waals surface area contributed by atoms with Crippen LogP contribution in [0.2, 0.25) is 0 Å². The molecule has 156 valence electrons. The number of H-pyrrole nitrogens is 1. The normalized spacial score (nSPS) is 14.1. The van der Waals surface area contributed by atoms with Crippen LogP contribution in [0.3, 0.4) is 0 Å². The third kappa shape index (κ3) is 5.81. The Labute approximate surface area is 173 Å². The lowest BCUT2D eigenvalue weighted by Crippen LogP contribution is -2.26. The first-order valence-corrected chi connectivity index (χ1v) is 10.7. The molecule has 0 radical (unpaired) electrons. The Hall–Kier alpha value is -2.37. The molecule has 0 bridgehead atoms. The number of aromatic nitrogens is 1. The second kappa shape index (κ2) is 10.4. The molecule has 0 saturated heterocycles. The zero-order valence-corrected chi connectivity index (χ0v) is 17.6. The van der Waals surface area contributed by atoms with Gasteiger partial charge in [0.05, 0.1) is 0 Å². The predicted molar refractivity (Wildman–Crippen MR) is 117 cm³/mol. The summed E-state index contributed by atoms with van der Waals surface area (Å²) >= 11 is 0. The molecule has 1 atom stereocenters. The van der Waals surface area contributed by atoms with Gasteiger partial charge in [-0.05, 0) is 66.5 Å². The van der Waals surface area contributed by atoms with Crippen LogP contribution in [-0.4, -0.2) is 34.1 Å². The van der Waals surface area contributed by atoms with Crippen molar-refractivity contribution in [3.8, 4) is 0 Å². The fraction of sp³-hybridized carbons (Fsp3) is 0.458. The van der Waals surface area contributed by atoms with Crippen molar-refractivity contribution in [3.05, 3.63) is 64.5 Å². The van der Waals surface area contributed by atoms with E-state index >= 15 is 0 Å². The molecule has 1 aromatic heterocycles. The molecular formula is C24H33N3O2. The van der Waals surface area contributed by atoms with Crippen LogP contribution in [0.5, 0.6) is 0 Å². The SMILES string of the molecule is CCCN(CCc1c[nH]c2c1CCC=C2)Cc1ccc(C(C)CC(=O)NO)cc1. The van der Waals surface area contributed by atoms with Crippen LogP contribution < -0.4 is 5.48 Å². The van der Waals surface area contributed by atoms with Crippen molar-refractivity contribution in [3.63, 3.8) is 0 Å². The minimum absolute atomic E-state index is 0.0803. The molecule has 1 aliphatic rings. The van der Waals surface area contributed by atoms with E-state index in [-0.39, 0.29) is 18.2 Å². The summed E-state index contributed by atoms with van der Waals surface area (Å²) in [6.45, 7) is 7.30. The van der Waals surface area contributed by atoms with Gasteiger partial charge in [-0.1, -0.05) is 44.2 Å². The Bertz CT molecular complexity index is 823. The maximum atomic E-state index is 11.4. The van der Waals surface area contributed by atoms with Gasteiger partial charge in [0.2, 0.25) is 5.91 Å². The van der Waals surface area contributed by atoms with E-state index in [1.165, 1.54) is 22.4 Å². The van der Waals surface area contributed by atoms with Gasteiger partial charge in [-0.25, -0.2) is 5.48 Å². The van der Waals surface area contributed by atoms with E-state index in [1.807, 2.05) is 6.92 Å². The van der Waals surface area contributed by atoms with Crippen LogP contribution >= 0.6 is 0 Å². The van der Waals surface area contributed by atoms with Gasteiger partial charge in [0.25, 0.3) is 0 Å². The molecule has 5 nitrogen and oxygen atoms in total. The lowest BCUT2D eigenvalue weighted by Gasteiger charge is -2.22. The molecule has 1 unspecified atom stereocenters. The summed E-state index contributed by atoms with van der Waals surface area (Å²) in [5.74, 6) is -0.269. The number of nitrogens with zero attached hydrogens (tertiary/aromatic N) is 1. The van der Waals surface area contributed by atoms with Crippen molar-refractivity contribution in [1.29, 1.82) is 0 Å². The molecule has 5 heteroatoms. The Kier molecular flexibility index (Phi) is 7.67. The summed E-state index contributed by atoms with van der Waals surface area (Å²) in [6.07, 6.45) is 11.4. The number of nitrogens with one attached hydrogen (secondary N) is 2. The lowest BCUT2D eigenvalue weighted by atomic mass is 9.96. The highest BCUT2D eigenvalue weighted by molar-refractivity contribution is 5.75. The molecule has 3 rings (SSSR count). The van der Waals surface area contributed by atoms with Gasteiger partial charge in [-0.15, -0.1) is 0 Å². The number of hydrogen-bond donors (Lipinski definition) is 3. The largest absolute Gasteiger partial charge is 0.361 e. The average Bonchev–Trinajstić information content (AvgIpc) is 3.15. The number of aromatic amines is 1. The van der Waals surface area contributed by atoms with Crippen LogP contribution in [0.15, 0.2) is 36.5 Å². The molecule has 0 fully saturated rings. The molecule has 2 aromatic rings. The van der Waals surface area contributed by atoms with Gasteiger partial charge in [0.15, 0.2) is 0 Å². The van der Waals surface area contributed by atoms with Crippen LogP contribution in [0, 0.1) is 0 Å². The standard InChI is InChI=1S/C24H33N3O2/c1-3-13-27(14-12-21-16-25-23-7-5-4-6-22(21)23)17-19-8-10-20(11-9-19)18(2)15-24(28)26-29/h5,7-11,16,18,25,29H,3-4,6,12-15,17H2,1-2H3,(H,26,28). The fourth-order valence-electron chi connectivity index (χ4n) is 4.12. The Morgan fingerprint density at radius 3 is 2.79 bits per heavy atom. The zero-order valence-electron chi connectivity index (χ0n) is 17.6. The van der Waals surface area contributed by atoms with Crippen molar-refractivity contribution in [1.82, 2.24) is 15.4 Å². The van der Waals surface area contributed by atoms with Gasteiger partial charge in [0.1, 0.15) is 0 Å². The summed E-state index contributed by atoms with van der Waals surface area (Å²) in [5, 5.41) is 8.70. The highest BCUT2D eigenvalue weighted by Gasteiger charge is 2.14. The fourth-order valence-corrected chi connectivity index (χ4v) is 4.12. The summed E-state index contributed by atoms with van der Waals surface area (Å²) < 4.78 is 0. The molecule has 1 heterocycles. The Morgan fingerprint density at radius 1 is 1.28 bits per heavy atom. The van der Waals surface area contributed by atoms with Crippen molar-refractivity contribution < 1.29 is 10.0 Å². The second-order valence-corrected chi connectivity index (χ2v) is 8.06. The smallest absolute Gasteiger partial charge is 0.243 e. The van der Waals surface area contributed by atoms with Gasteiger partial charge < -0.3 is 4.98 Å². The van der Waals surface area contributed by atoms with Crippen molar-refractivity contribution in [2.45, 2.75) is 58.4 Å². The summed E-state index contributed by atoms with van der Waals surface area (Å²) in [4.78, 5) is 17.3. The number of carbonyl (C=O) groups is 1. The quantitative estimate of drug-likeness (QED) is 0.412. The number of allylic oxidation sites excluding steroid dienone is 1. The number of benzene rings is 1. The van der Waals surface area contributed by atoms with Crippen molar-refractivity contribution in [2.75, 3.05) is 13.1 Å². The van der Waals surface area contributed by atoms with E-state index in [0.29, 0.717) is 0 Å². The Balaban J connectivity index is 1.58. The highest BCUT2D eigenvalue weighted by atomic mass is 16.5. The first-order chi connectivity index (χ1) is 14.1. The second-order valence-electron chi connectivity index (χ2n) is 8.06. The van der Waals surface area contributed by atoms with Gasteiger partial charge in [-0.2, -0.15) is 0 Å². The number of fused-ring (bicyclic) bond motifs is 1. The van der Waals surface area contributed by atoms with E-state index in [2.05, 4.69) is 59.4 Å². The van der Waals surface area contributed by atoms with Gasteiger partial charge in [-0.3, -0.25) is 14.9 Å². The molecule has 0 aliphatic heterocycles. The number of amides is 1. The topological polar surface area (TPSA) is 68.4 Å². The summed E-state index contributed by atoms with van der Waals surface area (Å²) in [6, 6.07) is 8.52. The first-order valence-electron chi connectivity index (χ1n) is 10.7. The maximum Gasteiger partial charge on any atom is 0.243 e. The summed E-state index contributed by atoms with van der Waals surface area (Å²) in [5.41, 5.74) is 8.35. The summed E-state index contributed by atoms with van der Waals surface area (Å²) in [7, 11) is 0. The van der Waals surface area contributed by atoms with Gasteiger partial charge >= 0.3 is 0 Å². The molecule has 0 spiro atoms.